The number of ether oxygens (including phenoxy) is 4. The first kappa shape index (κ1) is 27.2. The van der Waals surface area contributed by atoms with E-state index in [9.17, 15) is 0 Å². The Morgan fingerprint density at radius 1 is 0.400 bits per heavy atom. The molecule has 0 aliphatic carbocycles. The third kappa shape index (κ3) is 8.57. The number of benzene rings is 5. The molecule has 0 heterocycles. The normalized spacial score (nSPS) is 10.9. The van der Waals surface area contributed by atoms with E-state index in [0.717, 1.165) is 39.3 Å². The lowest BCUT2D eigenvalue weighted by Crippen LogP contribution is -2.28. The minimum absolute atomic E-state index is 0.237. The summed E-state index contributed by atoms with van der Waals surface area (Å²) in [6.07, 6.45) is -0.237. The topological polar surface area (TPSA) is 36.9 Å². The molecule has 0 saturated carbocycles. The minimum atomic E-state index is -0.237. The maximum atomic E-state index is 6.30. The highest BCUT2D eigenvalue weighted by Gasteiger charge is 2.13. The van der Waals surface area contributed by atoms with Crippen molar-refractivity contribution in [3.05, 3.63) is 156 Å². The van der Waals surface area contributed by atoms with Gasteiger partial charge in [-0.2, -0.15) is 0 Å². The quantitative estimate of drug-likeness (QED) is 0.145. The third-order valence-electron chi connectivity index (χ3n) is 6.42. The van der Waals surface area contributed by atoms with E-state index in [-0.39, 0.29) is 6.10 Å². The largest absolute Gasteiger partial charge is 0.489 e. The Kier molecular flexibility index (Phi) is 9.98. The molecular formula is C36H34O4. The fourth-order valence-corrected chi connectivity index (χ4v) is 4.28. The second kappa shape index (κ2) is 14.7. The van der Waals surface area contributed by atoms with Gasteiger partial charge in [0.15, 0.2) is 0 Å². The fourth-order valence-electron chi connectivity index (χ4n) is 4.28. The van der Waals surface area contributed by atoms with Crippen LogP contribution in [-0.2, 0) is 29.3 Å². The Morgan fingerprint density at radius 3 is 1.25 bits per heavy atom. The Labute approximate surface area is 236 Å². The Morgan fingerprint density at radius 2 is 0.800 bits per heavy atom. The first-order chi connectivity index (χ1) is 19.8. The number of rotatable bonds is 14. The zero-order valence-electron chi connectivity index (χ0n) is 22.5. The second-order valence-corrected chi connectivity index (χ2v) is 9.56. The summed E-state index contributed by atoms with van der Waals surface area (Å²) in [5.74, 6) is 1.63. The monoisotopic (exact) mass is 530 g/mol. The lowest BCUT2D eigenvalue weighted by Gasteiger charge is -2.20. The maximum absolute atomic E-state index is 6.30. The van der Waals surface area contributed by atoms with Gasteiger partial charge in [-0.3, -0.25) is 0 Å². The molecule has 4 nitrogen and oxygen atoms in total. The summed E-state index contributed by atoms with van der Waals surface area (Å²) in [5, 5.41) is 0. The van der Waals surface area contributed by atoms with Crippen LogP contribution in [0.4, 0.5) is 0 Å². The molecule has 0 N–H and O–H groups in total. The highest BCUT2D eigenvalue weighted by molar-refractivity contribution is 5.64. The zero-order chi connectivity index (χ0) is 27.2. The Balaban J connectivity index is 1.16. The maximum Gasteiger partial charge on any atom is 0.145 e. The van der Waals surface area contributed by atoms with E-state index in [4.69, 9.17) is 18.9 Å². The summed E-state index contributed by atoms with van der Waals surface area (Å²) in [4.78, 5) is 0. The van der Waals surface area contributed by atoms with Crippen LogP contribution in [-0.4, -0.2) is 19.3 Å². The van der Waals surface area contributed by atoms with E-state index >= 15 is 0 Å². The molecule has 0 atom stereocenters. The lowest BCUT2D eigenvalue weighted by atomic mass is 10.1. The molecule has 0 fully saturated rings. The molecule has 0 bridgehead atoms. The van der Waals surface area contributed by atoms with Crippen molar-refractivity contribution in [2.45, 2.75) is 25.9 Å². The van der Waals surface area contributed by atoms with E-state index in [1.807, 2.05) is 78.9 Å². The average Bonchev–Trinajstić information content (AvgIpc) is 3.02. The van der Waals surface area contributed by atoms with Crippen LogP contribution in [0.2, 0.25) is 0 Å². The Bertz CT molecular complexity index is 1340. The van der Waals surface area contributed by atoms with Gasteiger partial charge in [0.05, 0.1) is 26.4 Å². The van der Waals surface area contributed by atoms with Gasteiger partial charge >= 0.3 is 0 Å². The smallest absolute Gasteiger partial charge is 0.145 e. The lowest BCUT2D eigenvalue weighted by molar-refractivity contribution is -0.0157. The molecule has 0 unspecified atom stereocenters. The standard InChI is InChI=1S/C36H34O4/c1-4-10-29(11-5-1)24-37-27-36(28-38-25-30-12-6-2-7-13-30)40-35-22-18-33(19-23-35)32-16-20-34(21-17-32)39-26-31-14-8-3-9-15-31/h1-23,36H,24-28H2. The van der Waals surface area contributed by atoms with E-state index in [2.05, 4.69) is 60.7 Å². The van der Waals surface area contributed by atoms with E-state index in [0.29, 0.717) is 33.0 Å². The van der Waals surface area contributed by atoms with Gasteiger partial charge < -0.3 is 18.9 Å². The van der Waals surface area contributed by atoms with Crippen molar-refractivity contribution in [3.8, 4) is 22.6 Å². The second-order valence-electron chi connectivity index (χ2n) is 9.56. The molecule has 0 spiro atoms. The molecule has 0 aliphatic rings. The summed E-state index contributed by atoms with van der Waals surface area (Å²) in [7, 11) is 0. The summed E-state index contributed by atoms with van der Waals surface area (Å²) in [6, 6.07) is 46.8. The molecule has 0 aliphatic heterocycles. The molecule has 5 aromatic rings. The molecule has 202 valence electrons. The zero-order valence-corrected chi connectivity index (χ0v) is 22.5. The van der Waals surface area contributed by atoms with Gasteiger partial charge in [-0.25, -0.2) is 0 Å². The summed E-state index contributed by atoms with van der Waals surface area (Å²) < 4.78 is 24.2. The van der Waals surface area contributed by atoms with Crippen LogP contribution in [0.3, 0.4) is 0 Å². The van der Waals surface area contributed by atoms with Crippen molar-refractivity contribution < 1.29 is 18.9 Å². The van der Waals surface area contributed by atoms with Gasteiger partial charge in [0.25, 0.3) is 0 Å². The molecule has 5 aromatic carbocycles. The first-order valence-electron chi connectivity index (χ1n) is 13.6. The number of hydrogen-bond donors (Lipinski definition) is 0. The Hall–Kier alpha value is -4.38. The molecule has 0 amide bonds. The van der Waals surface area contributed by atoms with E-state index in [1.54, 1.807) is 0 Å². The summed E-state index contributed by atoms with van der Waals surface area (Å²) in [6.45, 7) is 2.47. The van der Waals surface area contributed by atoms with Crippen LogP contribution in [0.15, 0.2) is 140 Å². The van der Waals surface area contributed by atoms with Gasteiger partial charge in [0.1, 0.15) is 24.2 Å². The third-order valence-corrected chi connectivity index (χ3v) is 6.42. The highest BCUT2D eigenvalue weighted by atomic mass is 16.6. The van der Waals surface area contributed by atoms with Crippen LogP contribution in [0.5, 0.6) is 11.5 Å². The van der Waals surface area contributed by atoms with Crippen LogP contribution < -0.4 is 9.47 Å². The average molecular weight is 531 g/mol. The molecular weight excluding hydrogens is 496 g/mol. The highest BCUT2D eigenvalue weighted by Crippen LogP contribution is 2.25. The molecule has 40 heavy (non-hydrogen) atoms. The molecule has 5 rings (SSSR count). The van der Waals surface area contributed by atoms with Crippen molar-refractivity contribution in [2.24, 2.45) is 0 Å². The molecule has 0 radical (unpaired) electrons. The van der Waals surface area contributed by atoms with Crippen molar-refractivity contribution in [3.63, 3.8) is 0 Å². The SMILES string of the molecule is c1ccc(COCC(COCc2ccccc2)Oc2ccc(-c3ccc(OCc4ccccc4)cc3)cc2)cc1. The van der Waals surface area contributed by atoms with E-state index < -0.39 is 0 Å². The van der Waals surface area contributed by atoms with Gasteiger partial charge in [-0.15, -0.1) is 0 Å². The predicted octanol–water partition coefficient (Wildman–Crippen LogP) is 8.11. The first-order valence-corrected chi connectivity index (χ1v) is 13.6. The fraction of sp³-hybridized carbons (Fsp3) is 0.167. The number of hydrogen-bond acceptors (Lipinski definition) is 4. The van der Waals surface area contributed by atoms with E-state index in [1.165, 1.54) is 0 Å². The summed E-state index contributed by atoms with van der Waals surface area (Å²) in [5.41, 5.74) is 5.64. The van der Waals surface area contributed by atoms with Crippen molar-refractivity contribution >= 4 is 0 Å². The molecule has 4 heteroatoms. The van der Waals surface area contributed by atoms with Gasteiger partial charge in [-0.1, -0.05) is 115 Å². The predicted molar refractivity (Wildman–Crippen MR) is 159 cm³/mol. The van der Waals surface area contributed by atoms with Crippen LogP contribution in [0, 0.1) is 0 Å². The van der Waals surface area contributed by atoms with Crippen molar-refractivity contribution in [1.82, 2.24) is 0 Å². The van der Waals surface area contributed by atoms with Gasteiger partial charge in [-0.05, 0) is 52.1 Å². The van der Waals surface area contributed by atoms with Crippen LogP contribution in [0.1, 0.15) is 16.7 Å². The summed E-state index contributed by atoms with van der Waals surface area (Å²) >= 11 is 0. The van der Waals surface area contributed by atoms with Gasteiger partial charge in [0.2, 0.25) is 0 Å². The van der Waals surface area contributed by atoms with Crippen LogP contribution in [0.25, 0.3) is 11.1 Å². The van der Waals surface area contributed by atoms with Crippen molar-refractivity contribution in [1.29, 1.82) is 0 Å². The minimum Gasteiger partial charge on any atom is -0.489 e. The molecule has 0 aromatic heterocycles. The van der Waals surface area contributed by atoms with Crippen LogP contribution >= 0.6 is 0 Å². The molecule has 0 saturated heterocycles. The van der Waals surface area contributed by atoms with Crippen molar-refractivity contribution in [2.75, 3.05) is 13.2 Å². The van der Waals surface area contributed by atoms with Gasteiger partial charge in [0, 0.05) is 0 Å².